The lowest BCUT2D eigenvalue weighted by molar-refractivity contribution is -0.198. The highest BCUT2D eigenvalue weighted by molar-refractivity contribution is 5.87. The second kappa shape index (κ2) is 12.1. The molecular formula is C35H34F3N7O3. The number of ether oxygens (including phenoxy) is 1. The summed E-state index contributed by atoms with van der Waals surface area (Å²) in [6.45, 7) is 3.43. The number of carboxylic acid groups (broad SMARTS) is 1. The normalized spacial score (nSPS) is 18.3. The largest absolute Gasteiger partial charge is 0.480 e. The molecule has 1 spiro atoms. The minimum absolute atomic E-state index is 0.143. The summed E-state index contributed by atoms with van der Waals surface area (Å²) in [4.78, 5) is 21.7. The highest BCUT2D eigenvalue weighted by Gasteiger charge is 2.46. The van der Waals surface area contributed by atoms with Gasteiger partial charge in [0.1, 0.15) is 11.9 Å². The molecule has 2 aliphatic rings. The summed E-state index contributed by atoms with van der Waals surface area (Å²) in [6, 6.07) is 21.1. The predicted molar refractivity (Wildman–Crippen MR) is 175 cm³/mol. The smallest absolute Gasteiger partial charge is 0.429 e. The van der Waals surface area contributed by atoms with Crippen molar-refractivity contribution in [3.8, 4) is 22.7 Å². The first-order valence-electron chi connectivity index (χ1n) is 15.7. The number of nitrogens with one attached hydrogen (secondary N) is 1. The van der Waals surface area contributed by atoms with Crippen molar-refractivity contribution in [3.63, 3.8) is 0 Å². The first-order chi connectivity index (χ1) is 23.0. The summed E-state index contributed by atoms with van der Waals surface area (Å²) >= 11 is 0. The number of alkyl halides is 3. The van der Waals surface area contributed by atoms with E-state index in [9.17, 15) is 23.1 Å². The number of hydrogen-bond donors (Lipinski definition) is 3. The van der Waals surface area contributed by atoms with Crippen LogP contribution in [0.15, 0.2) is 79.0 Å². The van der Waals surface area contributed by atoms with Crippen molar-refractivity contribution in [2.24, 2.45) is 5.41 Å². The molecule has 48 heavy (non-hydrogen) atoms. The summed E-state index contributed by atoms with van der Waals surface area (Å²) in [5, 5.41) is 19.0. The fourth-order valence-electron chi connectivity index (χ4n) is 6.82. The minimum atomic E-state index is -4.82. The van der Waals surface area contributed by atoms with E-state index in [4.69, 9.17) is 10.5 Å². The van der Waals surface area contributed by atoms with Crippen molar-refractivity contribution in [1.29, 1.82) is 0 Å². The molecule has 0 radical (unpaired) electrons. The maximum Gasteiger partial charge on any atom is 0.429 e. The van der Waals surface area contributed by atoms with Gasteiger partial charge in [-0.1, -0.05) is 48.5 Å². The van der Waals surface area contributed by atoms with E-state index in [2.05, 4.69) is 20.4 Å². The van der Waals surface area contributed by atoms with Gasteiger partial charge in [-0.25, -0.2) is 4.68 Å². The Labute approximate surface area is 274 Å². The van der Waals surface area contributed by atoms with Crippen LogP contribution in [0.5, 0.6) is 5.88 Å². The number of fused-ring (bicyclic) bond motifs is 1. The van der Waals surface area contributed by atoms with Gasteiger partial charge in [0.2, 0.25) is 17.9 Å². The third kappa shape index (κ3) is 6.25. The Bertz CT molecular complexity index is 1990. The number of halogens is 3. The molecule has 0 amide bonds. The molecule has 2 aliphatic heterocycles. The number of nitrogens with zero attached hydrogens (tertiary/aromatic N) is 5. The summed E-state index contributed by atoms with van der Waals surface area (Å²) in [6.07, 6.45) is -3.67. The van der Waals surface area contributed by atoms with Gasteiger partial charge in [0.05, 0.1) is 11.4 Å². The zero-order valence-electron chi connectivity index (χ0n) is 26.1. The molecule has 5 aromatic rings. The van der Waals surface area contributed by atoms with Crippen LogP contribution in [0, 0.1) is 12.3 Å². The molecule has 4 heterocycles. The number of rotatable bonds is 7. The van der Waals surface area contributed by atoms with Crippen molar-refractivity contribution >= 4 is 28.5 Å². The summed E-state index contributed by atoms with van der Waals surface area (Å²) < 4.78 is 51.9. The second-order valence-corrected chi connectivity index (χ2v) is 12.7. The highest BCUT2D eigenvalue weighted by atomic mass is 19.4. The van der Waals surface area contributed by atoms with Gasteiger partial charge in [0.25, 0.3) is 0 Å². The van der Waals surface area contributed by atoms with Gasteiger partial charge in [-0.3, -0.25) is 4.79 Å². The summed E-state index contributed by atoms with van der Waals surface area (Å²) in [5.41, 5.74) is 8.13. The van der Waals surface area contributed by atoms with Gasteiger partial charge in [0.15, 0.2) is 0 Å². The van der Waals surface area contributed by atoms with Crippen molar-refractivity contribution in [3.05, 3.63) is 90.3 Å². The van der Waals surface area contributed by atoms with E-state index in [1.807, 2.05) is 47.4 Å². The number of piperidine rings is 1. The number of anilines is 2. The molecule has 0 bridgehead atoms. The Morgan fingerprint density at radius 1 is 1.02 bits per heavy atom. The lowest BCUT2D eigenvalue weighted by Gasteiger charge is -2.39. The van der Waals surface area contributed by atoms with Crippen LogP contribution in [-0.4, -0.2) is 62.7 Å². The minimum Gasteiger partial charge on any atom is -0.480 e. The lowest BCUT2D eigenvalue weighted by atomic mass is 9.76. The molecule has 2 aromatic heterocycles. The number of aliphatic carboxylic acids is 1. The molecule has 2 unspecified atom stereocenters. The Morgan fingerprint density at radius 3 is 2.44 bits per heavy atom. The van der Waals surface area contributed by atoms with Crippen LogP contribution < -0.4 is 20.7 Å². The number of aryl methyl sites for hydroxylation is 1. The molecule has 2 atom stereocenters. The fourth-order valence-corrected chi connectivity index (χ4v) is 6.82. The van der Waals surface area contributed by atoms with Gasteiger partial charge < -0.3 is 25.8 Å². The van der Waals surface area contributed by atoms with E-state index in [-0.39, 0.29) is 28.5 Å². The van der Waals surface area contributed by atoms with Gasteiger partial charge >= 0.3 is 12.1 Å². The average molecular weight is 658 g/mol. The standard InChI is InChI=1S/C35H34F3N7O3/c1-21-10-13-45(43-21)28-17-25(24-7-6-22-4-2-3-5-23(22)16-24)8-9-26(28)31(35(36,37)38)48-30-18-29(41-33(39)42-30)44-14-11-34(12-15-44)19-27(32(46)47)40-20-34/h2-10,13,16-18,27,31,40H,11-12,14-15,19-20H2,1H3,(H,46,47)(H2,39,41,42). The first-order valence-corrected chi connectivity index (χ1v) is 15.7. The third-order valence-corrected chi connectivity index (χ3v) is 9.41. The summed E-state index contributed by atoms with van der Waals surface area (Å²) in [7, 11) is 0. The first kappa shape index (κ1) is 31.4. The SMILES string of the molecule is Cc1ccn(-c2cc(-c3ccc4ccccc4c3)ccc2C(Oc2cc(N3CCC4(CC3)CNC(C(=O)O)C4)nc(N)n2)C(F)(F)F)n1. The number of nitrogens with two attached hydrogens (primary N) is 1. The Hall–Kier alpha value is -5.17. The molecule has 4 N–H and O–H groups in total. The number of benzene rings is 3. The van der Waals surface area contributed by atoms with Crippen molar-refractivity contribution in [2.45, 2.75) is 44.5 Å². The van der Waals surface area contributed by atoms with Crippen LogP contribution in [0.4, 0.5) is 24.9 Å². The number of aromatic nitrogens is 4. The quantitative estimate of drug-likeness (QED) is 0.190. The number of carboxylic acids is 1. The Morgan fingerprint density at radius 2 is 1.75 bits per heavy atom. The molecule has 3 aromatic carbocycles. The average Bonchev–Trinajstić information content (AvgIpc) is 3.69. The molecule has 0 aliphatic carbocycles. The molecule has 2 fully saturated rings. The van der Waals surface area contributed by atoms with Crippen molar-refractivity contribution in [2.75, 3.05) is 30.3 Å². The third-order valence-electron chi connectivity index (χ3n) is 9.41. The van der Waals surface area contributed by atoms with Crippen LogP contribution >= 0.6 is 0 Å². The molecule has 2 saturated heterocycles. The van der Waals surface area contributed by atoms with Gasteiger partial charge in [-0.2, -0.15) is 28.2 Å². The van der Waals surface area contributed by atoms with Crippen molar-refractivity contribution in [1.82, 2.24) is 25.1 Å². The van der Waals surface area contributed by atoms with E-state index >= 15 is 0 Å². The van der Waals surface area contributed by atoms with Gasteiger partial charge in [-0.15, -0.1) is 0 Å². The van der Waals surface area contributed by atoms with Crippen LogP contribution in [-0.2, 0) is 4.79 Å². The van der Waals surface area contributed by atoms with Gasteiger partial charge in [0, 0.05) is 37.5 Å². The van der Waals surface area contributed by atoms with E-state index in [1.165, 1.54) is 16.8 Å². The topological polar surface area (TPSA) is 131 Å². The van der Waals surface area contributed by atoms with E-state index in [1.54, 1.807) is 31.3 Å². The van der Waals surface area contributed by atoms with Crippen LogP contribution in [0.2, 0.25) is 0 Å². The number of carbonyl (C=O) groups is 1. The molecule has 0 saturated carbocycles. The van der Waals surface area contributed by atoms with Crippen LogP contribution in [0.3, 0.4) is 0 Å². The van der Waals surface area contributed by atoms with Gasteiger partial charge in [-0.05, 0) is 71.7 Å². The number of nitrogen functional groups attached to an aromatic ring is 1. The molecule has 10 nitrogen and oxygen atoms in total. The maximum atomic E-state index is 14.9. The Balaban J connectivity index is 1.20. The zero-order valence-corrected chi connectivity index (χ0v) is 26.1. The van der Waals surface area contributed by atoms with E-state index in [0.717, 1.165) is 21.9 Å². The van der Waals surface area contributed by atoms with Crippen LogP contribution in [0.1, 0.15) is 36.6 Å². The molecule has 248 valence electrons. The van der Waals surface area contributed by atoms with Crippen LogP contribution in [0.25, 0.3) is 27.6 Å². The Kier molecular flexibility index (Phi) is 7.94. The monoisotopic (exact) mass is 657 g/mol. The maximum absolute atomic E-state index is 14.9. The van der Waals surface area contributed by atoms with E-state index in [0.29, 0.717) is 50.4 Å². The lowest BCUT2D eigenvalue weighted by Crippen LogP contribution is -2.41. The van der Waals surface area contributed by atoms with Crippen molar-refractivity contribution < 1.29 is 27.8 Å². The van der Waals surface area contributed by atoms with E-state index < -0.39 is 24.3 Å². The summed E-state index contributed by atoms with van der Waals surface area (Å²) in [5.74, 6) is -1.04. The predicted octanol–water partition coefficient (Wildman–Crippen LogP) is 6.09. The fraction of sp³-hybridized carbons (Fsp3) is 0.314. The molecular weight excluding hydrogens is 623 g/mol. The zero-order chi connectivity index (χ0) is 33.6. The molecule has 7 rings (SSSR count). The second-order valence-electron chi connectivity index (χ2n) is 12.7. The highest BCUT2D eigenvalue weighted by Crippen LogP contribution is 2.43. The molecule has 13 heteroatoms. The number of hydrogen-bond acceptors (Lipinski definition) is 8.